The first-order chi connectivity index (χ1) is 8.65. The highest BCUT2D eigenvalue weighted by atomic mass is 16.5. The number of imidazole rings is 1. The van der Waals surface area contributed by atoms with Crippen molar-refractivity contribution in [3.05, 3.63) is 18.6 Å². The van der Waals surface area contributed by atoms with Crippen molar-refractivity contribution in [3.63, 3.8) is 0 Å². The summed E-state index contributed by atoms with van der Waals surface area (Å²) in [4.78, 5) is 11.0. The van der Waals surface area contributed by atoms with Crippen LogP contribution in [0, 0.1) is 0 Å². The number of hydrogen-bond donors (Lipinski definition) is 1. The van der Waals surface area contributed by atoms with Crippen molar-refractivity contribution in [1.29, 1.82) is 0 Å². The molecular formula is C12H17N5O. The van der Waals surface area contributed by atoms with Gasteiger partial charge >= 0.3 is 0 Å². The van der Waals surface area contributed by atoms with E-state index in [0.29, 0.717) is 12.4 Å². The minimum Gasteiger partial charge on any atom is -0.382 e. The fraction of sp³-hybridized carbons (Fsp3) is 0.500. The molecule has 0 saturated carbocycles. The van der Waals surface area contributed by atoms with Gasteiger partial charge in [-0.25, -0.2) is 9.97 Å². The summed E-state index contributed by atoms with van der Waals surface area (Å²) in [6, 6.07) is 0.274. The van der Waals surface area contributed by atoms with Gasteiger partial charge in [-0.2, -0.15) is 0 Å². The Balaban J connectivity index is 2.09. The lowest BCUT2D eigenvalue weighted by molar-refractivity contribution is 0.0341. The van der Waals surface area contributed by atoms with Gasteiger partial charge < -0.3 is 19.8 Å². The van der Waals surface area contributed by atoms with E-state index in [9.17, 15) is 0 Å². The van der Waals surface area contributed by atoms with E-state index in [1.165, 1.54) is 0 Å². The van der Waals surface area contributed by atoms with Crippen LogP contribution in [0.25, 0.3) is 5.65 Å². The molecule has 18 heavy (non-hydrogen) atoms. The Morgan fingerprint density at radius 3 is 3.11 bits per heavy atom. The largest absolute Gasteiger partial charge is 0.382 e. The molecule has 0 spiro atoms. The van der Waals surface area contributed by atoms with Crippen LogP contribution >= 0.6 is 0 Å². The van der Waals surface area contributed by atoms with Gasteiger partial charge in [0.15, 0.2) is 11.5 Å². The predicted octanol–water partition coefficient (Wildman–Crippen LogP) is 0.925. The summed E-state index contributed by atoms with van der Waals surface area (Å²) in [5, 5.41) is 0. The lowest BCUT2D eigenvalue weighted by atomic mass is 10.2. The number of nitrogen functional groups attached to an aromatic ring is 1. The summed E-state index contributed by atoms with van der Waals surface area (Å²) in [5.41, 5.74) is 6.69. The number of fused-ring (bicyclic) bond motifs is 1. The molecule has 6 nitrogen and oxygen atoms in total. The Bertz CT molecular complexity index is 567. The molecule has 3 heterocycles. The SMILES string of the molecule is CC1CN(c2nc(N)cn3ccnc23)C(C)CO1. The zero-order chi connectivity index (χ0) is 12.7. The normalized spacial score (nSPS) is 24.7. The molecule has 0 aromatic carbocycles. The van der Waals surface area contributed by atoms with Gasteiger partial charge in [-0.1, -0.05) is 0 Å². The van der Waals surface area contributed by atoms with Gasteiger partial charge in [0.05, 0.1) is 24.9 Å². The van der Waals surface area contributed by atoms with Crippen molar-refractivity contribution in [2.24, 2.45) is 0 Å². The van der Waals surface area contributed by atoms with E-state index < -0.39 is 0 Å². The lowest BCUT2D eigenvalue weighted by Crippen LogP contribution is -2.48. The van der Waals surface area contributed by atoms with Crippen LogP contribution in [0.5, 0.6) is 0 Å². The lowest BCUT2D eigenvalue weighted by Gasteiger charge is -2.37. The molecule has 0 amide bonds. The van der Waals surface area contributed by atoms with Crippen LogP contribution in [-0.4, -0.2) is 39.7 Å². The number of rotatable bonds is 1. The number of aromatic nitrogens is 3. The second-order valence-electron chi connectivity index (χ2n) is 4.79. The molecule has 2 aromatic rings. The number of ether oxygens (including phenoxy) is 1. The Labute approximate surface area is 105 Å². The van der Waals surface area contributed by atoms with E-state index in [0.717, 1.165) is 18.0 Å². The molecule has 2 unspecified atom stereocenters. The summed E-state index contributed by atoms with van der Waals surface area (Å²) < 4.78 is 7.54. The first-order valence-electron chi connectivity index (χ1n) is 6.12. The summed E-state index contributed by atoms with van der Waals surface area (Å²) >= 11 is 0. The molecule has 1 aliphatic rings. The zero-order valence-electron chi connectivity index (χ0n) is 10.6. The zero-order valence-corrected chi connectivity index (χ0v) is 10.6. The molecule has 0 bridgehead atoms. The monoisotopic (exact) mass is 247 g/mol. The van der Waals surface area contributed by atoms with Gasteiger partial charge in [0.2, 0.25) is 0 Å². The maximum atomic E-state index is 5.85. The van der Waals surface area contributed by atoms with E-state index in [2.05, 4.69) is 28.7 Å². The predicted molar refractivity (Wildman–Crippen MR) is 69.6 cm³/mol. The van der Waals surface area contributed by atoms with Crippen LogP contribution in [0.1, 0.15) is 13.8 Å². The van der Waals surface area contributed by atoms with Crippen LogP contribution in [0.15, 0.2) is 18.6 Å². The summed E-state index contributed by atoms with van der Waals surface area (Å²) in [6.07, 6.45) is 5.61. The van der Waals surface area contributed by atoms with Crippen LogP contribution < -0.4 is 10.6 Å². The fourth-order valence-electron chi connectivity index (χ4n) is 2.33. The maximum Gasteiger partial charge on any atom is 0.180 e. The van der Waals surface area contributed by atoms with E-state index in [1.807, 2.05) is 10.6 Å². The molecule has 0 aliphatic carbocycles. The van der Waals surface area contributed by atoms with Gasteiger partial charge in [-0.15, -0.1) is 0 Å². The second-order valence-corrected chi connectivity index (χ2v) is 4.79. The molecule has 2 aromatic heterocycles. The van der Waals surface area contributed by atoms with Crippen LogP contribution in [0.4, 0.5) is 11.6 Å². The molecule has 1 saturated heterocycles. The highest BCUT2D eigenvalue weighted by Crippen LogP contribution is 2.24. The van der Waals surface area contributed by atoms with Crippen molar-refractivity contribution >= 4 is 17.3 Å². The number of anilines is 2. The average molecular weight is 247 g/mol. The highest BCUT2D eigenvalue weighted by molar-refractivity contribution is 5.67. The second kappa shape index (κ2) is 4.13. The van der Waals surface area contributed by atoms with Crippen molar-refractivity contribution in [3.8, 4) is 0 Å². The first kappa shape index (κ1) is 11.3. The third kappa shape index (κ3) is 1.78. The topological polar surface area (TPSA) is 68.7 Å². The summed E-state index contributed by atoms with van der Waals surface area (Å²) in [7, 11) is 0. The number of nitrogens with zero attached hydrogens (tertiary/aromatic N) is 4. The fourth-order valence-corrected chi connectivity index (χ4v) is 2.33. The number of nitrogens with two attached hydrogens (primary N) is 1. The first-order valence-corrected chi connectivity index (χ1v) is 6.12. The van der Waals surface area contributed by atoms with Gasteiger partial charge in [0, 0.05) is 18.9 Å². The Morgan fingerprint density at radius 1 is 1.44 bits per heavy atom. The molecule has 1 aliphatic heterocycles. The van der Waals surface area contributed by atoms with Gasteiger partial charge in [-0.3, -0.25) is 0 Å². The van der Waals surface area contributed by atoms with Crippen molar-refractivity contribution in [1.82, 2.24) is 14.4 Å². The summed E-state index contributed by atoms with van der Waals surface area (Å²) in [5.74, 6) is 1.34. The highest BCUT2D eigenvalue weighted by Gasteiger charge is 2.26. The molecule has 3 rings (SSSR count). The van der Waals surface area contributed by atoms with Gasteiger partial charge in [0.1, 0.15) is 5.82 Å². The Morgan fingerprint density at radius 2 is 2.28 bits per heavy atom. The van der Waals surface area contributed by atoms with Crippen molar-refractivity contribution in [2.45, 2.75) is 26.0 Å². The minimum atomic E-state index is 0.194. The van der Waals surface area contributed by atoms with Gasteiger partial charge in [-0.05, 0) is 13.8 Å². The van der Waals surface area contributed by atoms with Crippen molar-refractivity contribution < 1.29 is 4.74 Å². The molecule has 2 N–H and O–H groups in total. The molecule has 1 fully saturated rings. The Kier molecular flexibility index (Phi) is 2.59. The minimum absolute atomic E-state index is 0.194. The third-order valence-electron chi connectivity index (χ3n) is 3.25. The molecule has 0 radical (unpaired) electrons. The molecule has 96 valence electrons. The number of hydrogen-bond acceptors (Lipinski definition) is 5. The standard InChI is InChI=1S/C12H17N5O/c1-8-7-18-9(2)5-17(8)12-11-14-3-4-16(11)6-10(13)15-12/h3-4,6,8-9H,5,7,13H2,1-2H3. The van der Waals surface area contributed by atoms with Crippen LogP contribution in [0.3, 0.4) is 0 Å². The molecule has 6 heteroatoms. The van der Waals surface area contributed by atoms with E-state index in [-0.39, 0.29) is 12.1 Å². The van der Waals surface area contributed by atoms with Crippen molar-refractivity contribution in [2.75, 3.05) is 23.8 Å². The summed E-state index contributed by atoms with van der Waals surface area (Å²) in [6.45, 7) is 5.69. The van der Waals surface area contributed by atoms with Crippen LogP contribution in [0.2, 0.25) is 0 Å². The van der Waals surface area contributed by atoms with E-state index in [4.69, 9.17) is 10.5 Å². The average Bonchev–Trinajstić information content (AvgIpc) is 2.79. The smallest absolute Gasteiger partial charge is 0.180 e. The Hall–Kier alpha value is -1.82. The van der Waals surface area contributed by atoms with Crippen LogP contribution in [-0.2, 0) is 4.74 Å². The van der Waals surface area contributed by atoms with Gasteiger partial charge in [0.25, 0.3) is 0 Å². The van der Waals surface area contributed by atoms with E-state index >= 15 is 0 Å². The molecular weight excluding hydrogens is 230 g/mol. The van der Waals surface area contributed by atoms with E-state index in [1.54, 1.807) is 12.4 Å². The molecule has 2 atom stereocenters. The number of morpholine rings is 1. The third-order valence-corrected chi connectivity index (χ3v) is 3.25. The maximum absolute atomic E-state index is 5.85. The quantitative estimate of drug-likeness (QED) is 0.811.